The van der Waals surface area contributed by atoms with Crippen LogP contribution >= 0.6 is 0 Å². The van der Waals surface area contributed by atoms with Crippen LogP contribution in [0.1, 0.15) is 48.0 Å². The molecule has 0 radical (unpaired) electrons. The van der Waals surface area contributed by atoms with E-state index in [2.05, 4.69) is 4.98 Å². The molecule has 1 aliphatic carbocycles. The Hall–Kier alpha value is -4.43. The van der Waals surface area contributed by atoms with E-state index in [1.165, 1.54) is 0 Å². The van der Waals surface area contributed by atoms with Gasteiger partial charge in [0.1, 0.15) is 23.6 Å². The molecule has 4 aromatic rings. The number of esters is 1. The minimum atomic E-state index is -0.747. The Morgan fingerprint density at radius 3 is 2.44 bits per heavy atom. The van der Waals surface area contributed by atoms with Crippen LogP contribution in [0.25, 0.3) is 10.9 Å². The number of aromatic nitrogens is 1. The first-order chi connectivity index (χ1) is 20.0. The number of Topliss-reactive ketones (excluding diaryl/α,β-unsaturated/α-hetero) is 1. The third kappa shape index (κ3) is 7.21. The lowest BCUT2D eigenvalue weighted by molar-refractivity contribution is -0.150. The number of methoxy groups -OCH3 is 1. The molecular weight excluding hydrogens is 520 g/mol. The molecule has 8 nitrogen and oxygen atoms in total. The van der Waals surface area contributed by atoms with Gasteiger partial charge in [0.2, 0.25) is 0 Å². The first kappa shape index (κ1) is 28.1. The fourth-order valence-corrected chi connectivity index (χ4v) is 4.88. The summed E-state index contributed by atoms with van der Waals surface area (Å²) in [6.45, 7) is 0.220. The summed E-state index contributed by atoms with van der Waals surface area (Å²) in [5, 5.41) is 0.747. The Kier molecular flexibility index (Phi) is 9.11. The van der Waals surface area contributed by atoms with Crippen LogP contribution in [0.4, 0.5) is 0 Å². The average Bonchev–Trinajstić information content (AvgIpc) is 3.51. The Balaban J connectivity index is 1.22. The zero-order chi connectivity index (χ0) is 28.6. The van der Waals surface area contributed by atoms with Crippen molar-refractivity contribution in [2.24, 2.45) is 5.73 Å². The van der Waals surface area contributed by atoms with Crippen LogP contribution in [-0.2, 0) is 16.0 Å². The minimum absolute atomic E-state index is 0.0145. The molecule has 212 valence electrons. The summed E-state index contributed by atoms with van der Waals surface area (Å²) in [6.07, 6.45) is 6.26. The molecule has 1 fully saturated rings. The summed E-state index contributed by atoms with van der Waals surface area (Å²) in [5.74, 6) is 1.91. The van der Waals surface area contributed by atoms with Gasteiger partial charge in [-0.05, 0) is 55.5 Å². The van der Waals surface area contributed by atoms with Crippen LogP contribution in [0.15, 0.2) is 79.0 Å². The van der Waals surface area contributed by atoms with Gasteiger partial charge in [0.15, 0.2) is 17.3 Å². The van der Waals surface area contributed by atoms with E-state index >= 15 is 0 Å². The predicted octanol–water partition coefficient (Wildman–Crippen LogP) is 6.04. The maximum absolute atomic E-state index is 12.5. The lowest BCUT2D eigenvalue weighted by atomic mass is 10.0. The molecule has 5 rings (SSSR count). The van der Waals surface area contributed by atoms with Crippen LogP contribution in [0, 0.1) is 0 Å². The summed E-state index contributed by atoms with van der Waals surface area (Å²) in [6, 6.07) is 21.3. The van der Waals surface area contributed by atoms with Gasteiger partial charge in [-0.1, -0.05) is 42.5 Å². The molecule has 3 aromatic carbocycles. The zero-order valence-electron chi connectivity index (χ0n) is 23.1. The van der Waals surface area contributed by atoms with E-state index in [1.54, 1.807) is 25.4 Å². The van der Waals surface area contributed by atoms with Crippen molar-refractivity contribution in [1.29, 1.82) is 0 Å². The topological polar surface area (TPSA) is 110 Å². The molecule has 2 N–H and O–H groups in total. The monoisotopic (exact) mass is 554 g/mol. The fraction of sp³-hybridized carbons (Fsp3) is 0.303. The number of ketones is 1. The molecule has 1 aromatic heterocycles. The largest absolute Gasteiger partial charge is 0.493 e. The number of benzene rings is 3. The van der Waals surface area contributed by atoms with Gasteiger partial charge in [-0.3, -0.25) is 14.6 Å². The zero-order valence-corrected chi connectivity index (χ0v) is 23.1. The predicted molar refractivity (Wildman–Crippen MR) is 156 cm³/mol. The van der Waals surface area contributed by atoms with Gasteiger partial charge in [-0.15, -0.1) is 0 Å². The first-order valence-corrected chi connectivity index (χ1v) is 13.9. The third-order valence-corrected chi connectivity index (χ3v) is 7.17. The van der Waals surface area contributed by atoms with E-state index in [0.29, 0.717) is 46.9 Å². The van der Waals surface area contributed by atoms with E-state index in [1.807, 2.05) is 60.7 Å². The van der Waals surface area contributed by atoms with Gasteiger partial charge < -0.3 is 24.7 Å². The Labute approximate surface area is 239 Å². The molecule has 1 atom stereocenters. The normalized spacial score (nSPS) is 14.0. The molecule has 1 heterocycles. The molecular formula is C33H34N2O6. The van der Waals surface area contributed by atoms with Crippen LogP contribution in [0.2, 0.25) is 0 Å². The second-order valence-corrected chi connectivity index (χ2v) is 10.1. The highest BCUT2D eigenvalue weighted by molar-refractivity contribution is 5.97. The number of fused-ring (bicyclic) bond motifs is 1. The van der Waals surface area contributed by atoms with Crippen molar-refractivity contribution < 1.29 is 28.5 Å². The second kappa shape index (κ2) is 13.3. The average molecular weight is 555 g/mol. The maximum atomic E-state index is 12.5. The molecule has 8 heteroatoms. The molecule has 41 heavy (non-hydrogen) atoms. The number of carbonyl (C=O) groups excluding carboxylic acids is 2. The maximum Gasteiger partial charge on any atom is 0.323 e. The van der Waals surface area contributed by atoms with Crippen LogP contribution < -0.4 is 19.9 Å². The van der Waals surface area contributed by atoms with Crippen molar-refractivity contribution in [3.63, 3.8) is 0 Å². The molecule has 0 amide bonds. The van der Waals surface area contributed by atoms with Crippen molar-refractivity contribution in [2.45, 2.75) is 50.7 Å². The Morgan fingerprint density at radius 2 is 1.71 bits per heavy atom. The highest BCUT2D eigenvalue weighted by atomic mass is 16.5. The van der Waals surface area contributed by atoms with Crippen molar-refractivity contribution in [3.8, 4) is 23.0 Å². The summed E-state index contributed by atoms with van der Waals surface area (Å²) >= 11 is 0. The molecule has 1 aliphatic rings. The number of nitrogens with zero attached hydrogens (tertiary/aromatic N) is 1. The smallest absolute Gasteiger partial charge is 0.323 e. The molecule has 0 spiro atoms. The number of nitrogens with two attached hydrogens (primary N) is 1. The Bertz CT molecular complexity index is 1480. The minimum Gasteiger partial charge on any atom is -0.493 e. The molecule has 0 unspecified atom stereocenters. The van der Waals surface area contributed by atoms with Crippen molar-refractivity contribution in [3.05, 3.63) is 90.1 Å². The summed E-state index contributed by atoms with van der Waals surface area (Å²) in [5.41, 5.74) is 8.30. The highest BCUT2D eigenvalue weighted by Gasteiger charge is 2.23. The van der Waals surface area contributed by atoms with E-state index < -0.39 is 6.04 Å². The van der Waals surface area contributed by atoms with Gasteiger partial charge in [0.25, 0.3) is 0 Å². The van der Waals surface area contributed by atoms with Crippen LogP contribution in [-0.4, -0.2) is 42.6 Å². The molecule has 1 saturated carbocycles. The number of hydrogen-bond acceptors (Lipinski definition) is 8. The van der Waals surface area contributed by atoms with Crippen molar-refractivity contribution >= 4 is 22.7 Å². The number of pyridine rings is 1. The number of carbonyl (C=O) groups is 2. The first-order valence-electron chi connectivity index (χ1n) is 13.9. The lowest BCUT2D eigenvalue weighted by Crippen LogP contribution is -2.35. The number of rotatable bonds is 12. The molecule has 0 aliphatic heterocycles. The van der Waals surface area contributed by atoms with E-state index in [4.69, 9.17) is 24.7 Å². The van der Waals surface area contributed by atoms with E-state index in [0.717, 1.165) is 36.6 Å². The summed E-state index contributed by atoms with van der Waals surface area (Å²) in [7, 11) is 1.56. The Morgan fingerprint density at radius 1 is 0.951 bits per heavy atom. The number of ether oxygens (including phenoxy) is 4. The highest BCUT2D eigenvalue weighted by Crippen LogP contribution is 2.37. The summed E-state index contributed by atoms with van der Waals surface area (Å²) in [4.78, 5) is 29.3. The quantitative estimate of drug-likeness (QED) is 0.167. The fourth-order valence-electron chi connectivity index (χ4n) is 4.88. The van der Waals surface area contributed by atoms with Gasteiger partial charge in [-0.25, -0.2) is 0 Å². The lowest BCUT2D eigenvalue weighted by Gasteiger charge is -2.17. The van der Waals surface area contributed by atoms with Crippen LogP contribution in [0.5, 0.6) is 23.0 Å². The van der Waals surface area contributed by atoms with Crippen molar-refractivity contribution in [2.75, 3.05) is 13.7 Å². The van der Waals surface area contributed by atoms with Gasteiger partial charge >= 0.3 is 5.97 Å². The van der Waals surface area contributed by atoms with Crippen LogP contribution in [0.3, 0.4) is 0 Å². The van der Waals surface area contributed by atoms with E-state index in [9.17, 15) is 9.59 Å². The number of hydrogen-bond donors (Lipinski definition) is 1. The second-order valence-electron chi connectivity index (χ2n) is 10.1. The standard InChI is InChI=1S/C33H34N2O6/c1-38-31-20-26-28(21-32(31)39-18-16-27(34)33(37)41-24-9-5-6-10-24)35-17-15-30(26)40-25-13-11-22(12-14-25)19-29(36)23-7-3-2-4-8-23/h2-4,7-8,11-15,17,20-21,24,27H,5-6,9-10,16,18-19,34H2,1H3/t27-/m0/s1. The summed E-state index contributed by atoms with van der Waals surface area (Å²) < 4.78 is 23.2. The van der Waals surface area contributed by atoms with Gasteiger partial charge in [0.05, 0.1) is 19.2 Å². The van der Waals surface area contributed by atoms with Gasteiger partial charge in [-0.2, -0.15) is 0 Å². The third-order valence-electron chi connectivity index (χ3n) is 7.17. The van der Waals surface area contributed by atoms with E-state index in [-0.39, 0.29) is 24.5 Å². The van der Waals surface area contributed by atoms with Crippen molar-refractivity contribution in [1.82, 2.24) is 4.98 Å². The molecule has 0 saturated heterocycles. The van der Waals surface area contributed by atoms with Gasteiger partial charge in [0, 0.05) is 36.1 Å². The SMILES string of the molecule is COc1cc2c(Oc3ccc(CC(=O)c4ccccc4)cc3)ccnc2cc1OCC[C@H](N)C(=O)OC1CCCC1. The molecule has 0 bridgehead atoms.